The monoisotopic (exact) mass is 307 g/mol. The Morgan fingerprint density at radius 3 is 2.78 bits per heavy atom. The van der Waals surface area contributed by atoms with Crippen molar-refractivity contribution in [1.82, 2.24) is 0 Å². The fourth-order valence-corrected chi connectivity index (χ4v) is 2.53. The van der Waals surface area contributed by atoms with Gasteiger partial charge in [0, 0.05) is 12.1 Å². The lowest BCUT2D eigenvalue weighted by Gasteiger charge is -2.16. The number of hydrogen-bond acceptors (Lipinski definition) is 2. The number of carbonyl (C=O) groups is 1. The Kier molecular flexibility index (Phi) is 5.75. The average Bonchev–Trinajstić information content (AvgIpc) is 3.01. The number of allylic oxidation sites excluding steroid dienone is 4. The van der Waals surface area contributed by atoms with Gasteiger partial charge in [0.1, 0.15) is 12.4 Å². The first-order valence-corrected chi connectivity index (χ1v) is 7.50. The largest absolute Gasteiger partial charge is 0.489 e. The van der Waals surface area contributed by atoms with E-state index in [1.165, 1.54) is 6.08 Å². The number of amides is 1. The lowest BCUT2D eigenvalue weighted by molar-refractivity contribution is -0.114. The minimum Gasteiger partial charge on any atom is -0.489 e. The molecule has 0 spiro atoms. The van der Waals surface area contributed by atoms with Crippen LogP contribution in [0.2, 0.25) is 0 Å². The van der Waals surface area contributed by atoms with Crippen molar-refractivity contribution < 1.29 is 9.53 Å². The van der Waals surface area contributed by atoms with E-state index < -0.39 is 0 Å². The molecule has 3 heteroatoms. The molecule has 0 saturated heterocycles. The van der Waals surface area contributed by atoms with Gasteiger partial charge < -0.3 is 9.64 Å². The first kappa shape index (κ1) is 16.6. The zero-order chi connectivity index (χ0) is 16.7. The normalized spacial score (nSPS) is 13.7. The first-order chi connectivity index (χ1) is 11.2. The molecule has 0 atom stereocenters. The maximum absolute atomic E-state index is 11.9. The quantitative estimate of drug-likeness (QED) is 0.563. The third-order valence-electron chi connectivity index (χ3n) is 3.60. The standard InChI is InChI=1S/C20H21NO2/c1-4-7-10-16(9-5-2)15-23-19-12-8-11-18-17(19)13-14-21(18)20(22)6-3/h4-12H,1-3,13-15H2/b10-7-,16-9+. The van der Waals surface area contributed by atoms with Gasteiger partial charge in [0.25, 0.3) is 0 Å². The number of hydrogen-bond donors (Lipinski definition) is 0. The summed E-state index contributed by atoms with van der Waals surface area (Å²) in [7, 11) is 0. The van der Waals surface area contributed by atoms with Gasteiger partial charge in [0.2, 0.25) is 5.91 Å². The molecule has 0 bridgehead atoms. The van der Waals surface area contributed by atoms with Crippen molar-refractivity contribution in [2.24, 2.45) is 0 Å². The van der Waals surface area contributed by atoms with Crippen LogP contribution in [0.15, 0.2) is 80.0 Å². The van der Waals surface area contributed by atoms with Crippen LogP contribution in [0.25, 0.3) is 0 Å². The Morgan fingerprint density at radius 2 is 2.09 bits per heavy atom. The molecule has 0 saturated carbocycles. The Balaban J connectivity index is 2.18. The Labute approximate surface area is 137 Å². The van der Waals surface area contributed by atoms with Crippen LogP contribution in [0.4, 0.5) is 5.69 Å². The highest BCUT2D eigenvalue weighted by Gasteiger charge is 2.25. The fourth-order valence-electron chi connectivity index (χ4n) is 2.53. The van der Waals surface area contributed by atoms with Gasteiger partial charge in [-0.1, -0.05) is 56.2 Å². The Morgan fingerprint density at radius 1 is 1.26 bits per heavy atom. The number of ether oxygens (including phenoxy) is 1. The van der Waals surface area contributed by atoms with E-state index in [0.29, 0.717) is 13.2 Å². The summed E-state index contributed by atoms with van der Waals surface area (Å²) in [4.78, 5) is 13.6. The van der Waals surface area contributed by atoms with Gasteiger partial charge in [0.15, 0.2) is 0 Å². The first-order valence-electron chi connectivity index (χ1n) is 7.50. The highest BCUT2D eigenvalue weighted by Crippen LogP contribution is 2.35. The summed E-state index contributed by atoms with van der Waals surface area (Å²) in [5.41, 5.74) is 2.96. The Hall–Kier alpha value is -2.81. The smallest absolute Gasteiger partial charge is 0.250 e. The number of rotatable bonds is 7. The summed E-state index contributed by atoms with van der Waals surface area (Å²) < 4.78 is 5.96. The van der Waals surface area contributed by atoms with E-state index in [-0.39, 0.29) is 5.91 Å². The van der Waals surface area contributed by atoms with Crippen molar-refractivity contribution in [3.63, 3.8) is 0 Å². The van der Waals surface area contributed by atoms with E-state index in [1.807, 2.05) is 36.4 Å². The molecule has 0 N–H and O–H groups in total. The molecule has 1 amide bonds. The van der Waals surface area contributed by atoms with Crippen LogP contribution < -0.4 is 9.64 Å². The molecule has 3 nitrogen and oxygen atoms in total. The van der Waals surface area contributed by atoms with E-state index >= 15 is 0 Å². The summed E-state index contributed by atoms with van der Waals surface area (Å²) in [5.74, 6) is 0.728. The van der Waals surface area contributed by atoms with E-state index in [1.54, 1.807) is 17.1 Å². The molecule has 0 aliphatic carbocycles. The lowest BCUT2D eigenvalue weighted by atomic mass is 10.1. The summed E-state index contributed by atoms with van der Waals surface area (Å²) in [6.45, 7) is 12.0. The minimum absolute atomic E-state index is 0.0814. The predicted molar refractivity (Wildman–Crippen MR) is 95.8 cm³/mol. The van der Waals surface area contributed by atoms with Crippen LogP contribution in [0.5, 0.6) is 5.75 Å². The fraction of sp³-hybridized carbons (Fsp3) is 0.150. The number of nitrogens with zero attached hydrogens (tertiary/aromatic N) is 1. The second kappa shape index (κ2) is 7.99. The molecule has 0 unspecified atom stereocenters. The number of anilines is 1. The molecule has 2 rings (SSSR count). The van der Waals surface area contributed by atoms with Gasteiger partial charge in [-0.3, -0.25) is 4.79 Å². The lowest BCUT2D eigenvalue weighted by Crippen LogP contribution is -2.26. The number of benzene rings is 1. The molecule has 1 heterocycles. The molecule has 0 radical (unpaired) electrons. The molecule has 0 aromatic heterocycles. The molecular weight excluding hydrogens is 286 g/mol. The van der Waals surface area contributed by atoms with Crippen LogP contribution in [0, 0.1) is 0 Å². The predicted octanol–water partition coefficient (Wildman–Crippen LogP) is 4.00. The molecule has 1 aromatic carbocycles. The van der Waals surface area contributed by atoms with Crippen LogP contribution in [-0.4, -0.2) is 19.1 Å². The summed E-state index contributed by atoms with van der Waals surface area (Å²) in [5, 5.41) is 0. The van der Waals surface area contributed by atoms with Gasteiger partial charge in [-0.25, -0.2) is 0 Å². The van der Waals surface area contributed by atoms with Crippen molar-refractivity contribution >= 4 is 11.6 Å². The van der Waals surface area contributed by atoms with Gasteiger partial charge in [-0.2, -0.15) is 0 Å². The van der Waals surface area contributed by atoms with Crippen molar-refractivity contribution in [2.75, 3.05) is 18.1 Å². The second-order valence-electron chi connectivity index (χ2n) is 5.06. The molecule has 1 aromatic rings. The second-order valence-corrected chi connectivity index (χ2v) is 5.06. The minimum atomic E-state index is -0.0814. The van der Waals surface area contributed by atoms with Crippen molar-refractivity contribution in [2.45, 2.75) is 6.42 Å². The Bertz CT molecular complexity index is 683. The van der Waals surface area contributed by atoms with Crippen molar-refractivity contribution in [1.29, 1.82) is 0 Å². The zero-order valence-corrected chi connectivity index (χ0v) is 13.2. The van der Waals surface area contributed by atoms with Crippen LogP contribution in [-0.2, 0) is 11.2 Å². The maximum Gasteiger partial charge on any atom is 0.250 e. The summed E-state index contributed by atoms with van der Waals surface area (Å²) in [6.07, 6.45) is 11.3. The van der Waals surface area contributed by atoms with Crippen LogP contribution >= 0.6 is 0 Å². The third-order valence-corrected chi connectivity index (χ3v) is 3.60. The average molecular weight is 307 g/mol. The topological polar surface area (TPSA) is 29.5 Å². The third kappa shape index (κ3) is 3.89. The van der Waals surface area contributed by atoms with Gasteiger partial charge in [0.05, 0.1) is 5.69 Å². The van der Waals surface area contributed by atoms with E-state index in [2.05, 4.69) is 19.7 Å². The molecular formula is C20H21NO2. The van der Waals surface area contributed by atoms with Crippen molar-refractivity contribution in [3.05, 3.63) is 85.5 Å². The van der Waals surface area contributed by atoms with Gasteiger partial charge in [-0.15, -0.1) is 0 Å². The van der Waals surface area contributed by atoms with Crippen LogP contribution in [0.1, 0.15) is 5.56 Å². The van der Waals surface area contributed by atoms with E-state index in [4.69, 9.17) is 4.74 Å². The van der Waals surface area contributed by atoms with E-state index in [0.717, 1.165) is 29.0 Å². The van der Waals surface area contributed by atoms with Gasteiger partial charge >= 0.3 is 0 Å². The zero-order valence-electron chi connectivity index (χ0n) is 13.2. The summed E-state index contributed by atoms with van der Waals surface area (Å²) in [6, 6.07) is 5.78. The summed E-state index contributed by atoms with van der Waals surface area (Å²) >= 11 is 0. The SMILES string of the molecule is C=C/C=C\C(=C/C=C)COc1cccc2c1CCN2C(=O)C=C. The highest BCUT2D eigenvalue weighted by atomic mass is 16.5. The van der Waals surface area contributed by atoms with Crippen LogP contribution in [0.3, 0.4) is 0 Å². The molecule has 0 fully saturated rings. The highest BCUT2D eigenvalue weighted by molar-refractivity contribution is 6.02. The molecule has 1 aliphatic rings. The molecule has 1 aliphatic heterocycles. The van der Waals surface area contributed by atoms with Crippen molar-refractivity contribution in [3.8, 4) is 5.75 Å². The maximum atomic E-state index is 11.9. The molecule has 118 valence electrons. The molecule has 23 heavy (non-hydrogen) atoms. The van der Waals surface area contributed by atoms with Gasteiger partial charge in [-0.05, 0) is 30.2 Å². The number of fused-ring (bicyclic) bond motifs is 1. The van der Waals surface area contributed by atoms with E-state index in [9.17, 15) is 4.79 Å². The number of carbonyl (C=O) groups excluding carboxylic acids is 1.